The molecule has 1 aliphatic carbocycles. The van der Waals surface area contributed by atoms with Crippen molar-refractivity contribution in [1.82, 2.24) is 24.5 Å². The summed E-state index contributed by atoms with van der Waals surface area (Å²) in [6.45, 7) is 15.0. The third kappa shape index (κ3) is 3.96. The fourth-order valence-electron chi connectivity index (χ4n) is 5.24. The zero-order chi connectivity index (χ0) is 25.3. The van der Waals surface area contributed by atoms with Crippen LogP contribution in [0.4, 0.5) is 18.9 Å². The Morgan fingerprint density at radius 2 is 1.89 bits per heavy atom. The topological polar surface area (TPSA) is 58.4 Å². The first-order valence-corrected chi connectivity index (χ1v) is 11.6. The molecule has 2 atom stereocenters. The Morgan fingerprint density at radius 3 is 2.54 bits per heavy atom. The molecule has 184 valence electrons. The number of alkyl halides is 3. The molecule has 3 aromatic rings. The van der Waals surface area contributed by atoms with Gasteiger partial charge in [0.25, 0.3) is 5.92 Å². The molecule has 3 aromatic heterocycles. The molecule has 0 radical (unpaired) electrons. The summed E-state index contributed by atoms with van der Waals surface area (Å²) in [4.78, 5) is 10.4. The monoisotopic (exact) mass is 482 g/mol. The van der Waals surface area contributed by atoms with Gasteiger partial charge in [-0.25, -0.2) is 22.7 Å². The summed E-state index contributed by atoms with van der Waals surface area (Å²) in [7, 11) is 0. The highest BCUT2D eigenvalue weighted by molar-refractivity contribution is 5.66. The SMILES string of the molecule is C=C(Nc1cnc(C(=C)N2CC(F)(F)C2)c(C(C)F)c1)C1CC(C)(C)c2c1cnc1cc(C)nn21. The normalized spacial score (nSPS) is 20.9. The summed E-state index contributed by atoms with van der Waals surface area (Å²) >= 11 is 0. The van der Waals surface area contributed by atoms with E-state index in [1.54, 1.807) is 12.3 Å². The lowest BCUT2D eigenvalue weighted by Gasteiger charge is -2.41. The maximum atomic E-state index is 14.5. The number of hydrogen-bond donors (Lipinski definition) is 1. The van der Waals surface area contributed by atoms with Crippen molar-refractivity contribution in [3.8, 4) is 0 Å². The van der Waals surface area contributed by atoms with Gasteiger partial charge in [-0.15, -0.1) is 0 Å². The van der Waals surface area contributed by atoms with Crippen LogP contribution in [0.3, 0.4) is 0 Å². The molecule has 6 nitrogen and oxygen atoms in total. The minimum atomic E-state index is -2.75. The number of nitrogens with one attached hydrogen (secondary N) is 1. The maximum Gasteiger partial charge on any atom is 0.282 e. The number of aryl methyl sites for hydroxylation is 1. The van der Waals surface area contributed by atoms with Gasteiger partial charge in [0, 0.05) is 40.4 Å². The predicted molar refractivity (Wildman–Crippen MR) is 130 cm³/mol. The van der Waals surface area contributed by atoms with Crippen molar-refractivity contribution in [1.29, 1.82) is 0 Å². The number of fused-ring (bicyclic) bond motifs is 3. The highest BCUT2D eigenvalue weighted by Crippen LogP contribution is 2.48. The van der Waals surface area contributed by atoms with Gasteiger partial charge in [0.1, 0.15) is 6.17 Å². The van der Waals surface area contributed by atoms with Gasteiger partial charge in [0.15, 0.2) is 5.65 Å². The number of rotatable bonds is 6. The van der Waals surface area contributed by atoms with E-state index in [1.165, 1.54) is 11.8 Å². The first-order chi connectivity index (χ1) is 16.4. The molecule has 2 aliphatic rings. The predicted octanol–water partition coefficient (Wildman–Crippen LogP) is 5.78. The van der Waals surface area contributed by atoms with Crippen molar-refractivity contribution in [2.45, 2.75) is 57.5 Å². The number of hydrogen-bond acceptors (Lipinski definition) is 5. The summed E-state index contributed by atoms with van der Waals surface area (Å²) in [6.07, 6.45) is 2.92. The number of allylic oxidation sites excluding steroid dienone is 1. The molecule has 2 unspecified atom stereocenters. The van der Waals surface area contributed by atoms with Gasteiger partial charge in [0.2, 0.25) is 0 Å². The minimum Gasteiger partial charge on any atom is -0.358 e. The van der Waals surface area contributed by atoms with Crippen LogP contribution in [0.2, 0.25) is 0 Å². The number of pyridine rings is 1. The van der Waals surface area contributed by atoms with E-state index in [1.807, 2.05) is 23.7 Å². The van der Waals surface area contributed by atoms with Crippen LogP contribution < -0.4 is 5.32 Å². The fraction of sp³-hybridized carbons (Fsp3) is 0.423. The van der Waals surface area contributed by atoms with Crippen molar-refractivity contribution in [3.05, 3.63) is 71.6 Å². The van der Waals surface area contributed by atoms with E-state index in [0.29, 0.717) is 22.6 Å². The summed E-state index contributed by atoms with van der Waals surface area (Å²) in [5, 5.41) is 7.95. The molecule has 1 fully saturated rings. The van der Waals surface area contributed by atoms with Crippen LogP contribution in [0.25, 0.3) is 11.3 Å². The van der Waals surface area contributed by atoms with Crippen LogP contribution in [-0.2, 0) is 5.41 Å². The number of halogens is 3. The van der Waals surface area contributed by atoms with Gasteiger partial charge in [-0.1, -0.05) is 27.0 Å². The second kappa shape index (κ2) is 7.83. The molecule has 0 spiro atoms. The highest BCUT2D eigenvalue weighted by Gasteiger charge is 2.45. The van der Waals surface area contributed by atoms with E-state index in [9.17, 15) is 13.2 Å². The summed E-state index contributed by atoms with van der Waals surface area (Å²) in [6, 6.07) is 3.61. The van der Waals surface area contributed by atoms with Crippen molar-refractivity contribution >= 4 is 17.0 Å². The first kappa shape index (κ1) is 23.4. The Hall–Kier alpha value is -3.36. The van der Waals surface area contributed by atoms with E-state index in [0.717, 1.165) is 34.7 Å². The van der Waals surface area contributed by atoms with Gasteiger partial charge in [-0.3, -0.25) is 4.98 Å². The lowest BCUT2D eigenvalue weighted by Crippen LogP contribution is -2.54. The highest BCUT2D eigenvalue weighted by atomic mass is 19.3. The lowest BCUT2D eigenvalue weighted by atomic mass is 9.88. The van der Waals surface area contributed by atoms with Gasteiger partial charge in [-0.05, 0) is 26.3 Å². The second-order valence-corrected chi connectivity index (χ2v) is 10.3. The third-order valence-electron chi connectivity index (χ3n) is 6.94. The van der Waals surface area contributed by atoms with Crippen LogP contribution >= 0.6 is 0 Å². The van der Waals surface area contributed by atoms with E-state index in [2.05, 4.69) is 47.4 Å². The van der Waals surface area contributed by atoms with E-state index in [-0.39, 0.29) is 11.3 Å². The van der Waals surface area contributed by atoms with E-state index < -0.39 is 25.2 Å². The quantitative estimate of drug-likeness (QED) is 0.483. The van der Waals surface area contributed by atoms with Gasteiger partial charge in [-0.2, -0.15) is 5.10 Å². The van der Waals surface area contributed by atoms with Gasteiger partial charge >= 0.3 is 0 Å². The minimum absolute atomic E-state index is 0.0226. The Kier molecular flexibility index (Phi) is 5.23. The van der Waals surface area contributed by atoms with Crippen molar-refractivity contribution < 1.29 is 13.2 Å². The van der Waals surface area contributed by atoms with Crippen molar-refractivity contribution in [2.75, 3.05) is 18.4 Å². The average Bonchev–Trinajstić information content (AvgIpc) is 3.27. The van der Waals surface area contributed by atoms with Crippen molar-refractivity contribution in [2.24, 2.45) is 0 Å². The van der Waals surface area contributed by atoms with Gasteiger partial charge in [0.05, 0.1) is 47.8 Å². The van der Waals surface area contributed by atoms with Gasteiger partial charge < -0.3 is 10.2 Å². The van der Waals surface area contributed by atoms with Crippen molar-refractivity contribution in [3.63, 3.8) is 0 Å². The third-order valence-corrected chi connectivity index (χ3v) is 6.94. The fourth-order valence-corrected chi connectivity index (χ4v) is 5.24. The lowest BCUT2D eigenvalue weighted by molar-refractivity contribution is -0.105. The molecule has 9 heteroatoms. The molecule has 0 bridgehead atoms. The molecule has 5 rings (SSSR count). The van der Waals surface area contributed by atoms with E-state index >= 15 is 0 Å². The smallest absolute Gasteiger partial charge is 0.282 e. The molecular formula is C26H29F3N6. The molecule has 1 saturated heterocycles. The molecule has 1 aliphatic heterocycles. The molecule has 0 saturated carbocycles. The van der Waals surface area contributed by atoms with Crippen LogP contribution in [0.1, 0.15) is 67.5 Å². The molecule has 0 amide bonds. The standard InChI is InChI=1S/C26H29F3N6/c1-14-7-22-30-11-21-20(9-25(5,6)24(21)35(22)33-14)16(3)32-18-8-19(15(2)27)23(31-10-18)17(4)34-12-26(28,29)13-34/h7-8,10-11,15,20,32H,3-4,9,12-13H2,1-2,5-6H3. The number of anilines is 1. The maximum absolute atomic E-state index is 14.5. The largest absolute Gasteiger partial charge is 0.358 e. The number of likely N-dealkylation sites (tertiary alicyclic amines) is 1. The number of nitrogens with zero attached hydrogens (tertiary/aromatic N) is 5. The van der Waals surface area contributed by atoms with E-state index in [4.69, 9.17) is 0 Å². The Labute approximate surface area is 202 Å². The first-order valence-electron chi connectivity index (χ1n) is 11.6. The zero-order valence-corrected chi connectivity index (χ0v) is 20.4. The second-order valence-electron chi connectivity index (χ2n) is 10.3. The van der Waals surface area contributed by atoms with Crippen LogP contribution in [0.5, 0.6) is 0 Å². The van der Waals surface area contributed by atoms with Crippen LogP contribution in [0.15, 0.2) is 43.4 Å². The Morgan fingerprint density at radius 1 is 1.17 bits per heavy atom. The average molecular weight is 483 g/mol. The number of aromatic nitrogens is 4. The summed E-state index contributed by atoms with van der Waals surface area (Å²) in [5.74, 6) is -2.77. The summed E-state index contributed by atoms with van der Waals surface area (Å²) < 4.78 is 43.1. The molecular weight excluding hydrogens is 453 g/mol. The molecule has 0 aromatic carbocycles. The molecule has 35 heavy (non-hydrogen) atoms. The Bertz CT molecular complexity index is 1350. The van der Waals surface area contributed by atoms with Crippen LogP contribution in [-0.4, -0.2) is 43.5 Å². The zero-order valence-electron chi connectivity index (χ0n) is 20.4. The molecule has 4 heterocycles. The Balaban J connectivity index is 1.41. The molecule has 1 N–H and O–H groups in total. The van der Waals surface area contributed by atoms with Crippen LogP contribution in [0, 0.1) is 6.92 Å². The summed E-state index contributed by atoms with van der Waals surface area (Å²) in [5.41, 5.74) is 5.95.